The van der Waals surface area contributed by atoms with Crippen molar-refractivity contribution in [3.8, 4) is 22.3 Å². The largest absolute Gasteiger partial charge is 0.334 e. The Morgan fingerprint density at radius 1 is 0.354 bits per heavy atom. The van der Waals surface area contributed by atoms with E-state index in [0.717, 1.165) is 18.5 Å². The van der Waals surface area contributed by atoms with Gasteiger partial charge in [0.15, 0.2) is 0 Å². The quantitative estimate of drug-likeness (QED) is 0.154. The van der Waals surface area contributed by atoms with Gasteiger partial charge in [-0.05, 0) is 167 Å². The summed E-state index contributed by atoms with van der Waals surface area (Å²) in [6.45, 7) is 17.2. The van der Waals surface area contributed by atoms with Crippen LogP contribution in [0.3, 0.4) is 0 Å². The van der Waals surface area contributed by atoms with Crippen LogP contribution in [0.5, 0.6) is 0 Å². The molecule has 0 radical (unpaired) electrons. The molecule has 4 nitrogen and oxygen atoms in total. The maximum Gasteiger partial charge on any atom is 0.252 e. The highest BCUT2D eigenvalue weighted by atomic mass is 15.3. The third-order valence-electron chi connectivity index (χ3n) is 20.9. The van der Waals surface area contributed by atoms with Gasteiger partial charge in [-0.2, -0.15) is 0 Å². The van der Waals surface area contributed by atoms with Crippen molar-refractivity contribution < 1.29 is 0 Å². The first-order chi connectivity index (χ1) is 38.3. The molecule has 0 amide bonds. The third kappa shape index (κ3) is 6.87. The summed E-state index contributed by atoms with van der Waals surface area (Å²) in [4.78, 5) is 10.9. The predicted molar refractivity (Wildman–Crippen MR) is 336 cm³/mol. The summed E-state index contributed by atoms with van der Waals surface area (Å²) >= 11 is 0. The molecule has 4 atom stereocenters. The summed E-state index contributed by atoms with van der Waals surface area (Å²) in [5.41, 5.74) is 25.4. The van der Waals surface area contributed by atoms with Gasteiger partial charge in [0.05, 0.1) is 11.1 Å². The van der Waals surface area contributed by atoms with E-state index in [9.17, 15) is 0 Å². The standard InChI is InChI=1S/C74H71BN4/c1-70(2,3)54-34-36-55(37-35-54)76-66-47-57(78-63-31-16-14-29-59(63)71(4)41-18-20-43-73(71,78)6)38-40-62(66)75-61-39-33-53(51-25-12-9-13-26-51)46-65(61)77(56-28-22-27-52(45-56)50-23-10-8-11-24-50)68-49-58(48-67(76)69(68)75)79-64-32-17-15-30-60(64)72(5)42-19-21-44-74(72,79)7/h8-17,22-40,45-49H,18-21,41-44H2,1-7H3. The smallest absolute Gasteiger partial charge is 0.252 e. The summed E-state index contributed by atoms with van der Waals surface area (Å²) in [6.07, 6.45) is 9.60. The van der Waals surface area contributed by atoms with Crippen LogP contribution in [-0.4, -0.2) is 17.8 Å². The molecule has 15 rings (SSSR count). The Hall–Kier alpha value is -7.76. The van der Waals surface area contributed by atoms with Gasteiger partial charge in [-0.15, -0.1) is 0 Å². The van der Waals surface area contributed by atoms with Crippen LogP contribution in [0, 0.1) is 0 Å². The molecule has 2 aliphatic carbocycles. The van der Waals surface area contributed by atoms with E-state index in [2.05, 4.69) is 274 Å². The average molecular weight is 1030 g/mol. The maximum absolute atomic E-state index is 2.81. The second kappa shape index (κ2) is 17.4. The van der Waals surface area contributed by atoms with Gasteiger partial charge in [-0.25, -0.2) is 0 Å². The van der Waals surface area contributed by atoms with Gasteiger partial charge in [0, 0.05) is 67.7 Å². The number of benzene rings is 9. The Kier molecular flexibility index (Phi) is 10.6. The lowest BCUT2D eigenvalue weighted by molar-refractivity contribution is 0.195. The highest BCUT2D eigenvalue weighted by Crippen LogP contribution is 2.63. The monoisotopic (exact) mass is 1030 g/mol. The van der Waals surface area contributed by atoms with Crippen molar-refractivity contribution >= 4 is 80.0 Å². The van der Waals surface area contributed by atoms with E-state index >= 15 is 0 Å². The number of rotatable bonds is 6. The fourth-order valence-electron chi connectivity index (χ4n) is 16.4. The van der Waals surface area contributed by atoms with Crippen LogP contribution >= 0.6 is 0 Å². The zero-order chi connectivity index (χ0) is 53.6. The first-order valence-corrected chi connectivity index (χ1v) is 29.5. The SMILES string of the molecule is CC(C)(C)c1ccc(N2c3cc(N4c5ccccc5C5(C)CCCCC45C)ccc3B3c4ccc(-c5ccccc5)cc4N(c4cccc(-c5ccccc5)c4)c4cc(N5c6ccccc6C6(C)CCCCC56C)cc2c43)cc1. The molecule has 2 fully saturated rings. The lowest BCUT2D eigenvalue weighted by Crippen LogP contribution is -2.61. The van der Waals surface area contributed by atoms with Crippen molar-refractivity contribution in [1.29, 1.82) is 0 Å². The minimum atomic E-state index is -0.148. The summed E-state index contributed by atoms with van der Waals surface area (Å²) in [7, 11) is 0. The van der Waals surface area contributed by atoms with Crippen molar-refractivity contribution in [3.05, 3.63) is 223 Å². The Morgan fingerprint density at radius 3 is 1.39 bits per heavy atom. The number of hydrogen-bond donors (Lipinski definition) is 0. The lowest BCUT2D eigenvalue weighted by atomic mass is 9.33. The molecule has 390 valence electrons. The van der Waals surface area contributed by atoms with Crippen molar-refractivity contribution in [2.75, 3.05) is 19.6 Å². The van der Waals surface area contributed by atoms with Crippen LogP contribution in [0.4, 0.5) is 56.9 Å². The van der Waals surface area contributed by atoms with Crippen LogP contribution in [0.2, 0.25) is 0 Å². The van der Waals surface area contributed by atoms with Crippen molar-refractivity contribution in [1.82, 2.24) is 0 Å². The molecular formula is C74H71BN4. The molecule has 6 aliphatic rings. The predicted octanol–water partition coefficient (Wildman–Crippen LogP) is 17.9. The van der Waals surface area contributed by atoms with E-state index in [1.54, 1.807) is 0 Å². The molecule has 4 unspecified atom stereocenters. The molecule has 0 aromatic heterocycles. The van der Waals surface area contributed by atoms with Crippen molar-refractivity contribution in [2.45, 2.75) is 127 Å². The Balaban J connectivity index is 1.05. The first kappa shape index (κ1) is 48.4. The first-order valence-electron chi connectivity index (χ1n) is 29.5. The minimum absolute atomic E-state index is 0.00323. The van der Waals surface area contributed by atoms with E-state index in [-0.39, 0.29) is 34.0 Å². The normalized spacial score (nSPS) is 23.3. The van der Waals surface area contributed by atoms with Gasteiger partial charge in [-0.3, -0.25) is 0 Å². The second-order valence-electron chi connectivity index (χ2n) is 25.9. The lowest BCUT2D eigenvalue weighted by Gasteiger charge is -2.51. The number of nitrogens with zero attached hydrogens (tertiary/aromatic N) is 4. The van der Waals surface area contributed by atoms with E-state index < -0.39 is 0 Å². The zero-order valence-electron chi connectivity index (χ0n) is 47.2. The average Bonchev–Trinajstić information content (AvgIpc) is 3.24. The molecular weight excluding hydrogens is 956 g/mol. The van der Waals surface area contributed by atoms with E-state index in [1.165, 1.54) is 145 Å². The molecule has 4 aliphatic heterocycles. The summed E-state index contributed by atoms with van der Waals surface area (Å²) < 4.78 is 0. The van der Waals surface area contributed by atoms with Crippen LogP contribution in [0.15, 0.2) is 206 Å². The third-order valence-corrected chi connectivity index (χ3v) is 20.9. The van der Waals surface area contributed by atoms with E-state index in [4.69, 9.17) is 0 Å². The molecule has 4 heterocycles. The fraction of sp³-hybridized carbons (Fsp3) is 0.270. The number of fused-ring (bicyclic) bond motifs is 10. The highest BCUT2D eigenvalue weighted by Gasteiger charge is 2.59. The summed E-state index contributed by atoms with van der Waals surface area (Å²) in [6, 6.07) is 79.8. The molecule has 79 heavy (non-hydrogen) atoms. The van der Waals surface area contributed by atoms with Gasteiger partial charge in [0.2, 0.25) is 0 Å². The molecule has 2 saturated carbocycles. The van der Waals surface area contributed by atoms with Gasteiger partial charge < -0.3 is 19.6 Å². The topological polar surface area (TPSA) is 13.0 Å². The van der Waals surface area contributed by atoms with E-state index in [0.29, 0.717) is 0 Å². The fourth-order valence-corrected chi connectivity index (χ4v) is 16.4. The van der Waals surface area contributed by atoms with Gasteiger partial charge >= 0.3 is 0 Å². The summed E-state index contributed by atoms with van der Waals surface area (Å²) in [5, 5.41) is 0. The molecule has 9 aromatic rings. The molecule has 0 bridgehead atoms. The van der Waals surface area contributed by atoms with Crippen LogP contribution < -0.4 is 36.0 Å². The maximum atomic E-state index is 2.81. The highest BCUT2D eigenvalue weighted by molar-refractivity contribution is 7.00. The minimum Gasteiger partial charge on any atom is -0.334 e. The molecule has 5 heteroatoms. The van der Waals surface area contributed by atoms with Gasteiger partial charge in [-0.1, -0.05) is 200 Å². The van der Waals surface area contributed by atoms with Crippen molar-refractivity contribution in [2.24, 2.45) is 0 Å². The van der Waals surface area contributed by atoms with Crippen LogP contribution in [0.25, 0.3) is 22.3 Å². The van der Waals surface area contributed by atoms with Crippen LogP contribution in [0.1, 0.15) is 117 Å². The van der Waals surface area contributed by atoms with E-state index in [1.807, 2.05) is 0 Å². The molecule has 0 N–H and O–H groups in total. The summed E-state index contributed by atoms with van der Waals surface area (Å²) in [5.74, 6) is 0. The second-order valence-corrected chi connectivity index (χ2v) is 25.9. The van der Waals surface area contributed by atoms with Crippen molar-refractivity contribution in [3.63, 3.8) is 0 Å². The Labute approximate surface area is 469 Å². The molecule has 9 aromatic carbocycles. The Morgan fingerprint density at radius 2 is 0.810 bits per heavy atom. The van der Waals surface area contributed by atoms with Crippen LogP contribution in [-0.2, 0) is 16.2 Å². The zero-order valence-corrected chi connectivity index (χ0v) is 47.2. The van der Waals surface area contributed by atoms with Gasteiger partial charge in [0.1, 0.15) is 0 Å². The number of anilines is 10. The number of hydrogen-bond acceptors (Lipinski definition) is 4. The molecule has 0 saturated heterocycles. The molecule has 0 spiro atoms. The Bertz CT molecular complexity index is 3900. The van der Waals surface area contributed by atoms with Gasteiger partial charge in [0.25, 0.3) is 6.71 Å². The number of para-hydroxylation sites is 2.